The number of methoxy groups -OCH3 is 1. The Kier molecular flexibility index (Phi) is 4.48. The molecule has 1 aliphatic rings. The number of carbonyl (C=O) groups excluding carboxylic acids is 1. The van der Waals surface area contributed by atoms with Crippen molar-refractivity contribution >= 4 is 23.3 Å². The van der Waals surface area contributed by atoms with Gasteiger partial charge in [-0.3, -0.25) is 0 Å². The summed E-state index contributed by atoms with van der Waals surface area (Å²) in [5.41, 5.74) is 1.71. The summed E-state index contributed by atoms with van der Waals surface area (Å²) in [6, 6.07) is 12.1. The number of ether oxygens (including phenoxy) is 2. The molecule has 0 atom stereocenters. The van der Waals surface area contributed by atoms with Crippen molar-refractivity contribution in [2.45, 2.75) is 6.42 Å². The highest BCUT2D eigenvalue weighted by molar-refractivity contribution is 6.33. The number of benzene rings is 2. The summed E-state index contributed by atoms with van der Waals surface area (Å²) in [7, 11) is 1.59. The summed E-state index contributed by atoms with van der Waals surface area (Å²) in [6.45, 7) is 0.461. The van der Waals surface area contributed by atoms with E-state index in [4.69, 9.17) is 25.9 Å². The molecule has 0 bridgehead atoms. The van der Waals surface area contributed by atoms with Crippen molar-refractivity contribution in [3.63, 3.8) is 0 Å². The van der Waals surface area contributed by atoms with Gasteiger partial charge in [-0.15, -0.1) is 0 Å². The lowest BCUT2D eigenvalue weighted by Crippen LogP contribution is -2.17. The predicted octanol–water partition coefficient (Wildman–Crippen LogP) is 3.69. The molecule has 118 valence electrons. The van der Waals surface area contributed by atoms with Gasteiger partial charge in [0.2, 0.25) is 0 Å². The maximum absolute atomic E-state index is 12.1. The molecule has 3 rings (SSSR count). The van der Waals surface area contributed by atoms with Crippen LogP contribution < -0.4 is 9.47 Å². The van der Waals surface area contributed by atoms with Crippen LogP contribution in [0.1, 0.15) is 22.3 Å². The Bertz CT molecular complexity index is 773. The van der Waals surface area contributed by atoms with Gasteiger partial charge in [0, 0.05) is 18.1 Å². The first-order valence-electron chi connectivity index (χ1n) is 7.03. The quantitative estimate of drug-likeness (QED) is 0.635. The van der Waals surface area contributed by atoms with Crippen molar-refractivity contribution in [2.75, 3.05) is 13.7 Å². The summed E-state index contributed by atoms with van der Waals surface area (Å²) in [6.07, 6.45) is 0.551. The predicted molar refractivity (Wildman–Crippen MR) is 86.5 cm³/mol. The lowest BCUT2D eigenvalue weighted by molar-refractivity contribution is 0.0514. The van der Waals surface area contributed by atoms with Gasteiger partial charge in [-0.05, 0) is 24.3 Å². The van der Waals surface area contributed by atoms with Crippen LogP contribution >= 0.6 is 11.6 Å². The van der Waals surface area contributed by atoms with Crippen LogP contribution in [0.15, 0.2) is 47.6 Å². The first kappa shape index (κ1) is 15.4. The van der Waals surface area contributed by atoms with Crippen LogP contribution in [-0.2, 0) is 4.84 Å². The number of oxime groups is 1. The minimum absolute atomic E-state index is 0.278. The first-order valence-corrected chi connectivity index (χ1v) is 7.41. The topological polar surface area (TPSA) is 57.1 Å². The average molecular weight is 332 g/mol. The molecule has 5 nitrogen and oxygen atoms in total. The summed E-state index contributed by atoms with van der Waals surface area (Å²) in [5.74, 6) is 0.755. The molecule has 1 heterocycles. The van der Waals surface area contributed by atoms with E-state index in [1.807, 2.05) is 6.07 Å². The second kappa shape index (κ2) is 6.71. The largest absolute Gasteiger partial charge is 0.497 e. The van der Waals surface area contributed by atoms with E-state index in [0.717, 1.165) is 5.56 Å². The molecule has 6 heteroatoms. The van der Waals surface area contributed by atoms with Crippen molar-refractivity contribution < 1.29 is 19.1 Å². The molecule has 1 aliphatic heterocycles. The van der Waals surface area contributed by atoms with Gasteiger partial charge in [0.1, 0.15) is 11.5 Å². The van der Waals surface area contributed by atoms with E-state index in [0.29, 0.717) is 35.3 Å². The van der Waals surface area contributed by atoms with E-state index in [9.17, 15) is 4.79 Å². The molecular weight excluding hydrogens is 318 g/mol. The standard InChI is InChI=1S/C17H14ClNO4/c1-21-11-6-7-13-15(8-9-22-16(13)10-11)19-23-17(20)12-4-2-3-5-14(12)18/h2-7,10H,8-9H2,1H3/b19-15-. The fourth-order valence-electron chi connectivity index (χ4n) is 2.25. The Hall–Kier alpha value is -2.53. The fourth-order valence-corrected chi connectivity index (χ4v) is 2.46. The molecule has 0 amide bonds. The Morgan fingerprint density at radius 1 is 1.26 bits per heavy atom. The Morgan fingerprint density at radius 2 is 2.09 bits per heavy atom. The minimum atomic E-state index is -0.593. The number of hydrogen-bond acceptors (Lipinski definition) is 5. The van der Waals surface area contributed by atoms with E-state index in [-0.39, 0.29) is 5.56 Å². The molecule has 0 saturated carbocycles. The van der Waals surface area contributed by atoms with Gasteiger partial charge in [0.15, 0.2) is 0 Å². The second-order valence-corrected chi connectivity index (χ2v) is 5.26. The van der Waals surface area contributed by atoms with Gasteiger partial charge in [0.25, 0.3) is 0 Å². The van der Waals surface area contributed by atoms with E-state index >= 15 is 0 Å². The third kappa shape index (κ3) is 3.29. The van der Waals surface area contributed by atoms with Gasteiger partial charge in [-0.2, -0.15) is 0 Å². The molecule has 0 aliphatic carbocycles. The molecule has 0 spiro atoms. The molecule has 0 saturated heterocycles. The Morgan fingerprint density at radius 3 is 2.87 bits per heavy atom. The monoisotopic (exact) mass is 331 g/mol. The van der Waals surface area contributed by atoms with E-state index < -0.39 is 5.97 Å². The molecule has 0 fully saturated rings. The van der Waals surface area contributed by atoms with Crippen LogP contribution in [0.5, 0.6) is 11.5 Å². The van der Waals surface area contributed by atoms with Crippen LogP contribution in [0.4, 0.5) is 0 Å². The third-order valence-electron chi connectivity index (χ3n) is 3.43. The third-order valence-corrected chi connectivity index (χ3v) is 3.76. The molecule has 0 radical (unpaired) electrons. The molecule has 0 unspecified atom stereocenters. The number of fused-ring (bicyclic) bond motifs is 1. The lowest BCUT2D eigenvalue weighted by atomic mass is 10.0. The SMILES string of the molecule is COc1ccc2c(c1)OCC/C2=N/OC(=O)c1ccccc1Cl. The number of rotatable bonds is 3. The highest BCUT2D eigenvalue weighted by Gasteiger charge is 2.19. The summed E-state index contributed by atoms with van der Waals surface area (Å²) < 4.78 is 10.7. The van der Waals surface area contributed by atoms with E-state index in [1.165, 1.54) is 0 Å². The maximum atomic E-state index is 12.1. The van der Waals surface area contributed by atoms with Crippen molar-refractivity contribution in [3.8, 4) is 11.5 Å². The number of halogens is 1. The Balaban J connectivity index is 1.82. The molecule has 0 aromatic heterocycles. The zero-order valence-corrected chi connectivity index (χ0v) is 13.2. The molecule has 2 aromatic carbocycles. The molecule has 0 N–H and O–H groups in total. The zero-order valence-electron chi connectivity index (χ0n) is 12.4. The van der Waals surface area contributed by atoms with Gasteiger partial charge in [-0.1, -0.05) is 28.9 Å². The van der Waals surface area contributed by atoms with Crippen LogP contribution in [0.25, 0.3) is 0 Å². The number of hydrogen-bond donors (Lipinski definition) is 0. The van der Waals surface area contributed by atoms with Crippen molar-refractivity contribution in [1.82, 2.24) is 0 Å². The average Bonchev–Trinajstić information content (AvgIpc) is 2.59. The normalized spacial score (nSPS) is 14.8. The zero-order chi connectivity index (χ0) is 16.2. The first-order chi connectivity index (χ1) is 11.2. The van der Waals surface area contributed by atoms with Crippen molar-refractivity contribution in [1.29, 1.82) is 0 Å². The highest BCUT2D eigenvalue weighted by atomic mass is 35.5. The van der Waals surface area contributed by atoms with E-state index in [2.05, 4.69) is 5.16 Å². The van der Waals surface area contributed by atoms with Crippen LogP contribution in [-0.4, -0.2) is 25.4 Å². The van der Waals surface area contributed by atoms with Gasteiger partial charge < -0.3 is 14.3 Å². The molecule has 23 heavy (non-hydrogen) atoms. The van der Waals surface area contributed by atoms with Crippen molar-refractivity contribution in [2.24, 2.45) is 5.16 Å². The summed E-state index contributed by atoms with van der Waals surface area (Å²) in [5, 5.41) is 4.31. The molecular formula is C17H14ClNO4. The summed E-state index contributed by atoms with van der Waals surface area (Å²) in [4.78, 5) is 17.1. The highest BCUT2D eigenvalue weighted by Crippen LogP contribution is 2.29. The number of nitrogens with zero attached hydrogens (tertiary/aromatic N) is 1. The lowest BCUT2D eigenvalue weighted by Gasteiger charge is -2.19. The second-order valence-electron chi connectivity index (χ2n) is 4.86. The van der Waals surface area contributed by atoms with Crippen LogP contribution in [0.3, 0.4) is 0 Å². The maximum Gasteiger partial charge on any atom is 0.367 e. The van der Waals surface area contributed by atoms with Crippen molar-refractivity contribution in [3.05, 3.63) is 58.6 Å². The Labute approximate surface area is 138 Å². The summed E-state index contributed by atoms with van der Waals surface area (Å²) >= 11 is 5.97. The van der Waals surface area contributed by atoms with Crippen LogP contribution in [0, 0.1) is 0 Å². The number of carbonyl (C=O) groups is 1. The molecule has 2 aromatic rings. The van der Waals surface area contributed by atoms with Gasteiger partial charge in [0.05, 0.1) is 30.0 Å². The van der Waals surface area contributed by atoms with Crippen LogP contribution in [0.2, 0.25) is 5.02 Å². The smallest absolute Gasteiger partial charge is 0.367 e. The fraction of sp³-hybridized carbons (Fsp3) is 0.176. The van der Waals surface area contributed by atoms with Gasteiger partial charge >= 0.3 is 5.97 Å². The van der Waals surface area contributed by atoms with E-state index in [1.54, 1.807) is 43.5 Å². The minimum Gasteiger partial charge on any atom is -0.497 e. The van der Waals surface area contributed by atoms with Gasteiger partial charge in [-0.25, -0.2) is 4.79 Å².